The highest BCUT2D eigenvalue weighted by molar-refractivity contribution is 5.69. The first-order chi connectivity index (χ1) is 14.7. The van der Waals surface area contributed by atoms with Gasteiger partial charge in [-0.05, 0) is 92.3 Å². The first-order valence-electron chi connectivity index (χ1n) is 13.3. The molecule has 0 bridgehead atoms. The van der Waals surface area contributed by atoms with Crippen molar-refractivity contribution < 1.29 is 15.0 Å². The third kappa shape index (κ3) is 4.13. The second-order valence-corrected chi connectivity index (χ2v) is 12.5. The van der Waals surface area contributed by atoms with Gasteiger partial charge in [0.15, 0.2) is 0 Å². The molecule has 0 aromatic heterocycles. The molecule has 0 aliphatic heterocycles. The van der Waals surface area contributed by atoms with Crippen molar-refractivity contribution in [3.8, 4) is 0 Å². The van der Waals surface area contributed by atoms with E-state index in [4.69, 9.17) is 0 Å². The summed E-state index contributed by atoms with van der Waals surface area (Å²) < 4.78 is 0. The third-order valence-corrected chi connectivity index (χ3v) is 10.5. The molecule has 0 radical (unpaired) electrons. The molecule has 0 aromatic carbocycles. The fourth-order valence-corrected chi connectivity index (χ4v) is 9.06. The van der Waals surface area contributed by atoms with Gasteiger partial charge >= 0.3 is 5.97 Å². The summed E-state index contributed by atoms with van der Waals surface area (Å²) in [5.41, 5.74) is 1.54. The van der Waals surface area contributed by atoms with Gasteiger partial charge < -0.3 is 10.2 Å². The summed E-state index contributed by atoms with van der Waals surface area (Å²) in [7, 11) is 0. The number of aliphatic hydroxyl groups is 1. The van der Waals surface area contributed by atoms with E-state index >= 15 is 0 Å². The highest BCUT2D eigenvalue weighted by Gasteiger charge is 2.60. The molecule has 3 nitrogen and oxygen atoms in total. The molecule has 3 heteroatoms. The van der Waals surface area contributed by atoms with E-state index in [1.807, 2.05) is 0 Å². The molecule has 0 heterocycles. The van der Waals surface area contributed by atoms with Crippen LogP contribution in [-0.2, 0) is 4.79 Å². The Labute approximate surface area is 190 Å². The van der Waals surface area contributed by atoms with Gasteiger partial charge in [-0.25, -0.2) is 0 Å². The first-order valence-corrected chi connectivity index (χ1v) is 13.3. The van der Waals surface area contributed by atoms with Crippen molar-refractivity contribution in [2.24, 2.45) is 46.3 Å². The summed E-state index contributed by atoms with van der Waals surface area (Å²) in [5, 5.41) is 20.1. The van der Waals surface area contributed by atoms with Crippen LogP contribution in [0.2, 0.25) is 0 Å². The molecule has 0 saturated heterocycles. The van der Waals surface area contributed by atoms with Gasteiger partial charge in [-0.1, -0.05) is 58.6 Å². The van der Waals surface area contributed by atoms with Crippen molar-refractivity contribution in [2.45, 2.75) is 111 Å². The molecule has 31 heavy (non-hydrogen) atoms. The number of carboxylic acids is 1. The zero-order chi connectivity index (χ0) is 22.4. The summed E-state index contributed by atoms with van der Waals surface area (Å²) in [6, 6.07) is 0. The van der Waals surface area contributed by atoms with Crippen LogP contribution in [0.25, 0.3) is 0 Å². The van der Waals surface area contributed by atoms with Crippen LogP contribution in [0.4, 0.5) is 0 Å². The predicted molar refractivity (Wildman–Crippen MR) is 126 cm³/mol. The molecule has 4 aliphatic rings. The minimum absolute atomic E-state index is 0.184. The summed E-state index contributed by atoms with van der Waals surface area (Å²) in [6.07, 6.45) is 15.1. The lowest BCUT2D eigenvalue weighted by Gasteiger charge is -2.59. The number of rotatable bonds is 7. The average molecular weight is 431 g/mol. The summed E-state index contributed by atoms with van der Waals surface area (Å²) in [6.45, 7) is 9.78. The Hall–Kier alpha value is -0.830. The van der Waals surface area contributed by atoms with E-state index in [1.165, 1.54) is 50.5 Å². The Morgan fingerprint density at radius 2 is 1.87 bits per heavy atom. The number of carboxylic acid groups (broad SMARTS) is 1. The smallest absolute Gasteiger partial charge is 0.304 e. The van der Waals surface area contributed by atoms with Gasteiger partial charge in [0.1, 0.15) is 0 Å². The van der Waals surface area contributed by atoms with E-state index in [0.29, 0.717) is 23.7 Å². The quantitative estimate of drug-likeness (QED) is 0.435. The summed E-state index contributed by atoms with van der Waals surface area (Å²) in [4.78, 5) is 12.0. The second kappa shape index (κ2) is 8.84. The maximum Gasteiger partial charge on any atom is 0.304 e. The molecule has 0 amide bonds. The number of carbonyl (C=O) groups is 1. The van der Waals surface area contributed by atoms with Gasteiger partial charge in [-0.3, -0.25) is 4.79 Å². The molecule has 8 atom stereocenters. The van der Waals surface area contributed by atoms with Gasteiger partial charge in [0.2, 0.25) is 0 Å². The standard InChI is InChI=1S/C28H46O3/c1-18(2)6-5-7-19(3)23-10-11-24-22-9-8-20-16-21(29)12-15-28(20,17-26(30)31)25(22)13-14-27(23,24)4/h8,18-19,21-25,29H,5-7,9-17H2,1-4H3,(H,30,31)/t19?,21?,22?,23?,24?,25?,27-,28-/m1/s1. The molecule has 0 aromatic rings. The second-order valence-electron chi connectivity index (χ2n) is 12.5. The van der Waals surface area contributed by atoms with Crippen LogP contribution >= 0.6 is 0 Å². The van der Waals surface area contributed by atoms with E-state index in [-0.39, 0.29) is 17.9 Å². The normalized spacial score (nSPS) is 43.0. The molecule has 6 unspecified atom stereocenters. The average Bonchev–Trinajstić information content (AvgIpc) is 3.05. The van der Waals surface area contributed by atoms with Crippen LogP contribution in [0.1, 0.15) is 105 Å². The van der Waals surface area contributed by atoms with E-state index in [1.54, 1.807) is 0 Å². The van der Waals surface area contributed by atoms with Gasteiger partial charge in [0.25, 0.3) is 0 Å². The van der Waals surface area contributed by atoms with Crippen molar-refractivity contribution in [3.05, 3.63) is 11.6 Å². The molecular weight excluding hydrogens is 384 g/mol. The number of fused-ring (bicyclic) bond motifs is 5. The molecular formula is C28H46O3. The largest absolute Gasteiger partial charge is 0.481 e. The lowest BCUT2D eigenvalue weighted by atomic mass is 9.45. The number of aliphatic carboxylic acids is 1. The summed E-state index contributed by atoms with van der Waals surface area (Å²) >= 11 is 0. The topological polar surface area (TPSA) is 57.5 Å². The lowest BCUT2D eigenvalue weighted by Crippen LogP contribution is -2.52. The number of hydrogen-bond acceptors (Lipinski definition) is 2. The van der Waals surface area contributed by atoms with Crippen LogP contribution in [-0.4, -0.2) is 22.3 Å². The van der Waals surface area contributed by atoms with Crippen molar-refractivity contribution in [3.63, 3.8) is 0 Å². The van der Waals surface area contributed by atoms with E-state index in [2.05, 4.69) is 33.8 Å². The van der Waals surface area contributed by atoms with Gasteiger partial charge in [-0.2, -0.15) is 0 Å². The lowest BCUT2D eigenvalue weighted by molar-refractivity contribution is -0.143. The van der Waals surface area contributed by atoms with Crippen molar-refractivity contribution >= 4 is 5.97 Å². The van der Waals surface area contributed by atoms with Gasteiger partial charge in [0, 0.05) is 5.41 Å². The Kier molecular flexibility index (Phi) is 6.65. The maximum absolute atomic E-state index is 12.0. The van der Waals surface area contributed by atoms with Crippen LogP contribution in [0.5, 0.6) is 0 Å². The first kappa shape index (κ1) is 23.3. The minimum atomic E-state index is -0.653. The molecule has 176 valence electrons. The number of aliphatic hydroxyl groups excluding tert-OH is 1. The zero-order valence-electron chi connectivity index (χ0n) is 20.4. The monoisotopic (exact) mass is 430 g/mol. The van der Waals surface area contributed by atoms with Crippen molar-refractivity contribution in [1.29, 1.82) is 0 Å². The van der Waals surface area contributed by atoms with Gasteiger partial charge in [0.05, 0.1) is 12.5 Å². The number of hydrogen-bond donors (Lipinski definition) is 2. The minimum Gasteiger partial charge on any atom is -0.481 e. The van der Waals surface area contributed by atoms with Gasteiger partial charge in [-0.15, -0.1) is 0 Å². The highest BCUT2D eigenvalue weighted by Crippen LogP contribution is 2.68. The van der Waals surface area contributed by atoms with E-state index < -0.39 is 5.97 Å². The van der Waals surface area contributed by atoms with Crippen molar-refractivity contribution in [1.82, 2.24) is 0 Å². The Balaban J connectivity index is 1.55. The molecule has 4 rings (SSSR count). The van der Waals surface area contributed by atoms with Crippen molar-refractivity contribution in [2.75, 3.05) is 0 Å². The van der Waals surface area contributed by atoms with E-state index in [0.717, 1.165) is 42.9 Å². The van der Waals surface area contributed by atoms with Crippen LogP contribution < -0.4 is 0 Å². The number of allylic oxidation sites excluding steroid dienone is 1. The molecule has 4 aliphatic carbocycles. The van der Waals surface area contributed by atoms with E-state index in [9.17, 15) is 15.0 Å². The molecule has 3 saturated carbocycles. The van der Waals surface area contributed by atoms with Crippen LogP contribution in [0.3, 0.4) is 0 Å². The third-order valence-electron chi connectivity index (χ3n) is 10.5. The van der Waals surface area contributed by atoms with Crippen LogP contribution in [0, 0.1) is 46.3 Å². The fraction of sp³-hybridized carbons (Fsp3) is 0.893. The predicted octanol–water partition coefficient (Wildman–Crippen LogP) is 6.84. The molecule has 2 N–H and O–H groups in total. The fourth-order valence-electron chi connectivity index (χ4n) is 9.06. The molecule has 0 spiro atoms. The Morgan fingerprint density at radius 3 is 2.58 bits per heavy atom. The Bertz CT molecular complexity index is 696. The zero-order valence-corrected chi connectivity index (χ0v) is 20.4. The highest BCUT2D eigenvalue weighted by atomic mass is 16.4. The Morgan fingerprint density at radius 1 is 1.10 bits per heavy atom. The maximum atomic E-state index is 12.0. The SMILES string of the molecule is CC(C)CCCC(C)C1CCC2C3CC=C4CC(O)CC[C@]4(CC(=O)O)C3CC[C@]12C. The summed E-state index contributed by atoms with van der Waals surface area (Å²) in [5.74, 6) is 3.68. The van der Waals surface area contributed by atoms with Crippen LogP contribution in [0.15, 0.2) is 11.6 Å². The molecule has 3 fully saturated rings.